The second-order valence-corrected chi connectivity index (χ2v) is 6.33. The maximum Gasteiger partial charge on any atom is 0.129 e. The van der Waals surface area contributed by atoms with E-state index in [-0.39, 0.29) is 12.4 Å². The lowest BCUT2D eigenvalue weighted by Crippen LogP contribution is -2.24. The molecule has 0 bridgehead atoms. The molecule has 0 saturated heterocycles. The fraction of sp³-hybridized carbons (Fsp3) is 0.273. The minimum absolute atomic E-state index is 0.224. The molecule has 0 unspecified atom stereocenters. The number of hydrogen-bond donors (Lipinski definition) is 1. The molecule has 130 valence electrons. The lowest BCUT2D eigenvalue weighted by Gasteiger charge is -2.17. The van der Waals surface area contributed by atoms with Crippen molar-refractivity contribution in [1.82, 2.24) is 5.32 Å². The summed E-state index contributed by atoms with van der Waals surface area (Å²) in [5.74, 6) is 0.570. The predicted octanol–water partition coefficient (Wildman–Crippen LogP) is 5.45. The van der Waals surface area contributed by atoms with E-state index in [0.29, 0.717) is 11.6 Å². The first kappa shape index (κ1) is 17.4. The van der Waals surface area contributed by atoms with E-state index in [1.54, 1.807) is 12.1 Å². The Hall–Kier alpha value is -2.39. The Morgan fingerprint density at radius 2 is 1.76 bits per heavy atom. The molecule has 0 spiro atoms. The number of benzene rings is 3. The summed E-state index contributed by atoms with van der Waals surface area (Å²) >= 11 is 0. The van der Waals surface area contributed by atoms with Gasteiger partial charge in [-0.05, 0) is 36.2 Å². The van der Waals surface area contributed by atoms with E-state index < -0.39 is 0 Å². The highest BCUT2D eigenvalue weighted by atomic mass is 19.1. The molecule has 25 heavy (non-hydrogen) atoms. The minimum atomic E-state index is -0.234. The third-order valence-corrected chi connectivity index (χ3v) is 4.58. The molecule has 3 heteroatoms. The standard InChI is InChI=1S/C22H24FNO/c1-3-16(2)24-14-20-19-10-6-4-8-17(19)12-13-22(20)25-15-18-9-5-7-11-21(18)23/h4-13,16,24H,3,14-15H2,1-2H3/t16-/m0/s1. The van der Waals surface area contributed by atoms with Gasteiger partial charge in [-0.1, -0.05) is 55.5 Å². The van der Waals surface area contributed by atoms with Crippen LogP contribution in [0.15, 0.2) is 60.7 Å². The number of rotatable bonds is 7. The molecule has 0 heterocycles. The van der Waals surface area contributed by atoms with Crippen molar-refractivity contribution < 1.29 is 9.13 Å². The predicted molar refractivity (Wildman–Crippen MR) is 101 cm³/mol. The molecule has 0 amide bonds. The van der Waals surface area contributed by atoms with Gasteiger partial charge in [-0.3, -0.25) is 0 Å². The van der Waals surface area contributed by atoms with Gasteiger partial charge in [0.1, 0.15) is 18.2 Å². The molecule has 1 N–H and O–H groups in total. The van der Waals surface area contributed by atoms with Gasteiger partial charge in [-0.2, -0.15) is 0 Å². The monoisotopic (exact) mass is 337 g/mol. The van der Waals surface area contributed by atoms with Gasteiger partial charge in [0.2, 0.25) is 0 Å². The molecule has 0 fully saturated rings. The molecule has 0 aliphatic carbocycles. The molecule has 3 rings (SSSR count). The average Bonchev–Trinajstić information content (AvgIpc) is 2.65. The van der Waals surface area contributed by atoms with Gasteiger partial charge >= 0.3 is 0 Å². The first-order valence-electron chi connectivity index (χ1n) is 8.79. The zero-order chi connectivity index (χ0) is 17.6. The topological polar surface area (TPSA) is 21.3 Å². The summed E-state index contributed by atoms with van der Waals surface area (Å²) in [4.78, 5) is 0. The van der Waals surface area contributed by atoms with Crippen LogP contribution in [0.3, 0.4) is 0 Å². The average molecular weight is 337 g/mol. The molecular formula is C22H24FNO. The van der Waals surface area contributed by atoms with Crippen LogP contribution in [0.1, 0.15) is 31.4 Å². The maximum absolute atomic E-state index is 13.9. The summed E-state index contributed by atoms with van der Waals surface area (Å²) in [6.07, 6.45) is 1.07. The second-order valence-electron chi connectivity index (χ2n) is 6.33. The van der Waals surface area contributed by atoms with Gasteiger partial charge in [0.05, 0.1) is 0 Å². The molecule has 0 radical (unpaired) electrons. The fourth-order valence-electron chi connectivity index (χ4n) is 2.83. The fourth-order valence-corrected chi connectivity index (χ4v) is 2.83. The van der Waals surface area contributed by atoms with Crippen molar-refractivity contribution in [2.24, 2.45) is 0 Å². The summed E-state index contributed by atoms with van der Waals surface area (Å²) in [5.41, 5.74) is 1.69. The van der Waals surface area contributed by atoms with Crippen LogP contribution in [-0.2, 0) is 13.2 Å². The quantitative estimate of drug-likeness (QED) is 0.619. The van der Waals surface area contributed by atoms with Crippen LogP contribution in [0.5, 0.6) is 5.75 Å². The molecule has 0 aliphatic rings. The van der Waals surface area contributed by atoms with Crippen LogP contribution >= 0.6 is 0 Å². The summed E-state index contributed by atoms with van der Waals surface area (Å²) in [7, 11) is 0. The Kier molecular flexibility index (Phi) is 5.67. The van der Waals surface area contributed by atoms with Crippen molar-refractivity contribution in [1.29, 1.82) is 0 Å². The summed E-state index contributed by atoms with van der Waals surface area (Å²) in [5, 5.41) is 5.89. The Bertz CT molecular complexity index is 846. The van der Waals surface area contributed by atoms with Gasteiger partial charge in [0.15, 0.2) is 0 Å². The third kappa shape index (κ3) is 4.18. The zero-order valence-corrected chi connectivity index (χ0v) is 14.8. The largest absolute Gasteiger partial charge is 0.488 e. The minimum Gasteiger partial charge on any atom is -0.488 e. The number of hydrogen-bond acceptors (Lipinski definition) is 2. The molecular weight excluding hydrogens is 313 g/mol. The number of fused-ring (bicyclic) bond motifs is 1. The Morgan fingerprint density at radius 3 is 2.56 bits per heavy atom. The molecule has 3 aromatic carbocycles. The van der Waals surface area contributed by atoms with Crippen LogP contribution in [0.25, 0.3) is 10.8 Å². The van der Waals surface area contributed by atoms with Gasteiger partial charge < -0.3 is 10.1 Å². The maximum atomic E-state index is 13.9. The smallest absolute Gasteiger partial charge is 0.129 e. The van der Waals surface area contributed by atoms with Crippen molar-refractivity contribution in [3.8, 4) is 5.75 Å². The van der Waals surface area contributed by atoms with Gasteiger partial charge in [-0.25, -0.2) is 4.39 Å². The summed E-state index contributed by atoms with van der Waals surface area (Å²) < 4.78 is 19.9. The number of ether oxygens (including phenoxy) is 1. The van der Waals surface area contributed by atoms with Crippen molar-refractivity contribution in [3.05, 3.63) is 77.6 Å². The van der Waals surface area contributed by atoms with Crippen LogP contribution in [0.4, 0.5) is 4.39 Å². The highest BCUT2D eigenvalue weighted by molar-refractivity contribution is 5.87. The lowest BCUT2D eigenvalue weighted by molar-refractivity contribution is 0.296. The van der Waals surface area contributed by atoms with Gasteiger partial charge in [0, 0.05) is 23.7 Å². The van der Waals surface area contributed by atoms with E-state index in [2.05, 4.69) is 37.4 Å². The van der Waals surface area contributed by atoms with Crippen LogP contribution in [0, 0.1) is 5.82 Å². The second kappa shape index (κ2) is 8.13. The van der Waals surface area contributed by atoms with E-state index in [9.17, 15) is 4.39 Å². The van der Waals surface area contributed by atoms with Crippen molar-refractivity contribution in [3.63, 3.8) is 0 Å². The Labute approximate surface area is 148 Å². The lowest BCUT2D eigenvalue weighted by atomic mass is 10.0. The van der Waals surface area contributed by atoms with Crippen molar-refractivity contribution >= 4 is 10.8 Å². The number of nitrogens with one attached hydrogen (secondary N) is 1. The third-order valence-electron chi connectivity index (χ3n) is 4.58. The molecule has 0 aliphatic heterocycles. The van der Waals surface area contributed by atoms with Crippen LogP contribution < -0.4 is 10.1 Å². The number of halogens is 1. The Morgan fingerprint density at radius 1 is 1.00 bits per heavy atom. The summed E-state index contributed by atoms with van der Waals surface area (Å²) in [6, 6.07) is 19.5. The van der Waals surface area contributed by atoms with Crippen molar-refractivity contribution in [2.75, 3.05) is 0 Å². The van der Waals surface area contributed by atoms with E-state index in [1.165, 1.54) is 16.8 Å². The van der Waals surface area contributed by atoms with Crippen molar-refractivity contribution in [2.45, 2.75) is 39.5 Å². The normalized spacial score (nSPS) is 12.3. The van der Waals surface area contributed by atoms with E-state index >= 15 is 0 Å². The van der Waals surface area contributed by atoms with E-state index in [4.69, 9.17) is 4.74 Å². The molecule has 3 aromatic rings. The van der Waals surface area contributed by atoms with Crippen LogP contribution in [0.2, 0.25) is 0 Å². The molecule has 0 aromatic heterocycles. The summed E-state index contributed by atoms with van der Waals surface area (Å²) in [6.45, 7) is 5.28. The van der Waals surface area contributed by atoms with Gasteiger partial charge in [0.25, 0.3) is 0 Å². The SMILES string of the molecule is CC[C@H](C)NCc1c(OCc2ccccc2F)ccc2ccccc12. The van der Waals surface area contributed by atoms with E-state index in [0.717, 1.165) is 24.3 Å². The first-order chi connectivity index (χ1) is 12.2. The van der Waals surface area contributed by atoms with Gasteiger partial charge in [-0.15, -0.1) is 0 Å². The zero-order valence-electron chi connectivity index (χ0n) is 14.8. The highest BCUT2D eigenvalue weighted by Gasteiger charge is 2.11. The molecule has 2 nitrogen and oxygen atoms in total. The molecule has 0 saturated carbocycles. The highest BCUT2D eigenvalue weighted by Crippen LogP contribution is 2.29. The van der Waals surface area contributed by atoms with E-state index in [1.807, 2.05) is 24.3 Å². The first-order valence-corrected chi connectivity index (χ1v) is 8.79. The van der Waals surface area contributed by atoms with Crippen LogP contribution in [-0.4, -0.2) is 6.04 Å². The molecule has 1 atom stereocenters. The Balaban J connectivity index is 1.89.